The van der Waals surface area contributed by atoms with Crippen LogP contribution in [0.2, 0.25) is 0 Å². The van der Waals surface area contributed by atoms with Crippen molar-refractivity contribution in [2.24, 2.45) is 17.8 Å². The van der Waals surface area contributed by atoms with Gasteiger partial charge in [0, 0.05) is 19.9 Å². The van der Waals surface area contributed by atoms with E-state index in [1.54, 1.807) is 0 Å². The summed E-state index contributed by atoms with van der Waals surface area (Å²) >= 11 is 0. The molecule has 0 aromatic heterocycles. The molecule has 94 valence electrons. The predicted molar refractivity (Wildman–Crippen MR) is 66.5 cm³/mol. The van der Waals surface area contributed by atoms with Crippen molar-refractivity contribution in [3.8, 4) is 0 Å². The molecule has 2 rings (SSSR count). The third-order valence-electron chi connectivity index (χ3n) is 4.12. The number of rotatable bonds is 2. The summed E-state index contributed by atoms with van der Waals surface area (Å²) in [7, 11) is -0.456. The SMILES string of the molecule is CC1CCC(C(C)C)C(P2CCON2O)C1. The van der Waals surface area contributed by atoms with Crippen LogP contribution in [0.25, 0.3) is 0 Å². The van der Waals surface area contributed by atoms with Crippen molar-refractivity contribution in [2.45, 2.75) is 45.7 Å². The zero-order chi connectivity index (χ0) is 11.7. The van der Waals surface area contributed by atoms with E-state index in [1.807, 2.05) is 0 Å². The minimum Gasteiger partial charge on any atom is -0.286 e. The molecule has 1 saturated heterocycles. The molecule has 4 atom stereocenters. The highest BCUT2D eigenvalue weighted by Gasteiger charge is 2.40. The van der Waals surface area contributed by atoms with E-state index in [-0.39, 0.29) is 0 Å². The van der Waals surface area contributed by atoms with E-state index < -0.39 is 8.07 Å². The molecule has 2 fully saturated rings. The second kappa shape index (κ2) is 5.30. The molecule has 1 N–H and O–H groups in total. The molecule has 0 amide bonds. The van der Waals surface area contributed by atoms with Gasteiger partial charge < -0.3 is 0 Å². The molecule has 0 bridgehead atoms. The van der Waals surface area contributed by atoms with Gasteiger partial charge in [-0.2, -0.15) is 0 Å². The lowest BCUT2D eigenvalue weighted by molar-refractivity contribution is -0.251. The van der Waals surface area contributed by atoms with E-state index in [2.05, 4.69) is 20.8 Å². The molecule has 0 aromatic carbocycles. The van der Waals surface area contributed by atoms with Crippen molar-refractivity contribution in [1.82, 2.24) is 5.00 Å². The average molecular weight is 245 g/mol. The van der Waals surface area contributed by atoms with E-state index in [9.17, 15) is 5.21 Å². The summed E-state index contributed by atoms with van der Waals surface area (Å²) in [5, 5.41) is 9.77. The van der Waals surface area contributed by atoms with Crippen LogP contribution in [-0.4, -0.2) is 28.6 Å². The van der Waals surface area contributed by atoms with Gasteiger partial charge in [0.1, 0.15) is 0 Å². The molecule has 16 heavy (non-hydrogen) atoms. The summed E-state index contributed by atoms with van der Waals surface area (Å²) in [6.07, 6.45) is 5.01. The molecule has 0 radical (unpaired) electrons. The lowest BCUT2D eigenvalue weighted by atomic mass is 9.77. The average Bonchev–Trinajstić information content (AvgIpc) is 2.63. The van der Waals surface area contributed by atoms with Crippen LogP contribution in [0.15, 0.2) is 0 Å². The Labute approximate surface area is 99.9 Å². The maximum absolute atomic E-state index is 9.77. The molecule has 1 heterocycles. The fraction of sp³-hybridized carbons (Fsp3) is 1.00. The van der Waals surface area contributed by atoms with Crippen LogP contribution in [0.5, 0.6) is 0 Å². The van der Waals surface area contributed by atoms with Crippen molar-refractivity contribution in [3.63, 3.8) is 0 Å². The first-order chi connectivity index (χ1) is 7.59. The minimum absolute atomic E-state index is 0.456. The molecular formula is C12H24NO2P. The van der Waals surface area contributed by atoms with Gasteiger partial charge in [0.25, 0.3) is 0 Å². The maximum Gasteiger partial charge on any atom is 0.0767 e. The Kier molecular flexibility index (Phi) is 4.23. The Morgan fingerprint density at radius 2 is 2.12 bits per heavy atom. The van der Waals surface area contributed by atoms with Gasteiger partial charge in [-0.15, -0.1) is 0 Å². The predicted octanol–water partition coefficient (Wildman–Crippen LogP) is 3.48. The van der Waals surface area contributed by atoms with E-state index in [0.29, 0.717) is 12.3 Å². The normalized spacial score (nSPS) is 41.8. The highest BCUT2D eigenvalue weighted by molar-refractivity contribution is 7.55. The summed E-state index contributed by atoms with van der Waals surface area (Å²) in [4.78, 5) is 6.40. The third kappa shape index (κ3) is 2.59. The monoisotopic (exact) mass is 245 g/mol. The highest BCUT2D eigenvalue weighted by atomic mass is 31.1. The largest absolute Gasteiger partial charge is 0.286 e. The summed E-state index contributed by atoms with van der Waals surface area (Å²) in [6.45, 7) is 7.69. The second-order valence-corrected chi connectivity index (χ2v) is 7.97. The smallest absolute Gasteiger partial charge is 0.0767 e. The van der Waals surface area contributed by atoms with Crippen LogP contribution in [0.1, 0.15) is 40.0 Å². The van der Waals surface area contributed by atoms with E-state index in [4.69, 9.17) is 4.84 Å². The van der Waals surface area contributed by atoms with Gasteiger partial charge in [-0.1, -0.05) is 27.2 Å². The van der Waals surface area contributed by atoms with Crippen molar-refractivity contribution >= 4 is 8.07 Å². The Morgan fingerprint density at radius 3 is 2.69 bits per heavy atom. The van der Waals surface area contributed by atoms with Gasteiger partial charge in [0.2, 0.25) is 0 Å². The first-order valence-corrected chi connectivity index (χ1v) is 8.03. The summed E-state index contributed by atoms with van der Waals surface area (Å²) < 4.78 is 0. The molecule has 1 aliphatic heterocycles. The van der Waals surface area contributed by atoms with Crippen molar-refractivity contribution < 1.29 is 10.0 Å². The molecule has 1 aliphatic carbocycles. The quantitative estimate of drug-likeness (QED) is 0.756. The maximum atomic E-state index is 9.77. The van der Waals surface area contributed by atoms with Crippen LogP contribution in [0, 0.1) is 17.8 Å². The zero-order valence-corrected chi connectivity index (χ0v) is 11.5. The molecule has 1 saturated carbocycles. The highest BCUT2D eigenvalue weighted by Crippen LogP contribution is 2.56. The molecule has 4 heteroatoms. The van der Waals surface area contributed by atoms with Gasteiger partial charge >= 0.3 is 0 Å². The molecule has 0 aromatic rings. The van der Waals surface area contributed by atoms with Crippen molar-refractivity contribution in [2.75, 3.05) is 12.8 Å². The van der Waals surface area contributed by atoms with Gasteiger partial charge in [-0.05, 0) is 35.6 Å². The molecule has 4 unspecified atom stereocenters. The molecule has 3 nitrogen and oxygen atoms in total. The molecular weight excluding hydrogens is 221 g/mol. The number of hydrogen-bond donors (Lipinski definition) is 1. The van der Waals surface area contributed by atoms with Crippen molar-refractivity contribution in [1.29, 1.82) is 0 Å². The lowest BCUT2D eigenvalue weighted by Crippen LogP contribution is -2.33. The van der Waals surface area contributed by atoms with Gasteiger partial charge in [-0.3, -0.25) is 10.0 Å². The summed E-state index contributed by atoms with van der Waals surface area (Å²) in [5.74, 6) is 2.32. The zero-order valence-electron chi connectivity index (χ0n) is 10.6. The first kappa shape index (κ1) is 12.8. The minimum atomic E-state index is -0.456. The van der Waals surface area contributed by atoms with Crippen LogP contribution < -0.4 is 0 Å². The Morgan fingerprint density at radius 1 is 1.38 bits per heavy atom. The van der Waals surface area contributed by atoms with E-state index in [0.717, 1.165) is 23.9 Å². The Bertz CT molecular complexity index is 235. The second-order valence-electron chi connectivity index (χ2n) is 5.64. The van der Waals surface area contributed by atoms with Crippen LogP contribution in [0.3, 0.4) is 0 Å². The molecule has 0 spiro atoms. The fourth-order valence-corrected chi connectivity index (χ4v) is 5.96. The van der Waals surface area contributed by atoms with Crippen LogP contribution in [0.4, 0.5) is 0 Å². The number of nitrogens with zero attached hydrogens (tertiary/aromatic N) is 1. The van der Waals surface area contributed by atoms with E-state index >= 15 is 0 Å². The molecule has 2 aliphatic rings. The Hall–Kier alpha value is 0.310. The van der Waals surface area contributed by atoms with Crippen LogP contribution in [-0.2, 0) is 4.84 Å². The first-order valence-electron chi connectivity index (χ1n) is 6.48. The Balaban J connectivity index is 2.07. The lowest BCUT2D eigenvalue weighted by Gasteiger charge is -2.40. The van der Waals surface area contributed by atoms with Gasteiger partial charge in [-0.25, -0.2) is 0 Å². The van der Waals surface area contributed by atoms with Crippen molar-refractivity contribution in [3.05, 3.63) is 0 Å². The fourth-order valence-electron chi connectivity index (χ4n) is 3.16. The van der Waals surface area contributed by atoms with Gasteiger partial charge in [0.05, 0.1) is 6.61 Å². The van der Waals surface area contributed by atoms with Crippen LogP contribution >= 0.6 is 8.07 Å². The van der Waals surface area contributed by atoms with Gasteiger partial charge in [0.15, 0.2) is 0 Å². The standard InChI is InChI=1S/C12H24NO2P/c1-9(2)11-5-4-10(3)8-12(11)16-7-6-15-13(16)14/h9-12,14H,4-8H2,1-3H3. The topological polar surface area (TPSA) is 32.7 Å². The summed E-state index contributed by atoms with van der Waals surface area (Å²) in [6, 6.07) is 0. The third-order valence-corrected chi connectivity index (χ3v) is 6.67. The summed E-state index contributed by atoms with van der Waals surface area (Å²) in [5.41, 5.74) is 0.672. The van der Waals surface area contributed by atoms with E-state index in [1.165, 1.54) is 24.3 Å². The number of hydrogen-bond acceptors (Lipinski definition) is 3.